The van der Waals surface area contributed by atoms with Gasteiger partial charge in [0.2, 0.25) is 5.69 Å². The summed E-state index contributed by atoms with van der Waals surface area (Å²) in [5.41, 5.74) is -0.0169. The van der Waals surface area contributed by atoms with Gasteiger partial charge in [0.1, 0.15) is 5.97 Å². The predicted octanol–water partition coefficient (Wildman–Crippen LogP) is -1.01. The lowest BCUT2D eigenvalue weighted by Crippen LogP contribution is -2.42. The highest BCUT2D eigenvalue weighted by atomic mass is 16.5. The number of aromatic carboxylic acids is 1. The summed E-state index contributed by atoms with van der Waals surface area (Å²) in [6, 6.07) is 4.23. The van der Waals surface area contributed by atoms with Crippen LogP contribution in [0.3, 0.4) is 0 Å². The standard InChI is InChI=1S/C7H7NO3/c1-5-3-2-4-6(7(9)10)8(5)11/h2-4H,1H3,(H,9,10)/p-1. The lowest BCUT2D eigenvalue weighted by molar-refractivity contribution is -0.617. The molecule has 0 aliphatic heterocycles. The minimum absolute atomic E-state index is 0.329. The molecule has 11 heavy (non-hydrogen) atoms. The first kappa shape index (κ1) is 7.53. The molecule has 4 nitrogen and oxygen atoms in total. The fourth-order valence-electron chi connectivity index (χ4n) is 0.755. The van der Waals surface area contributed by atoms with Crippen molar-refractivity contribution in [3.63, 3.8) is 0 Å². The van der Waals surface area contributed by atoms with Crippen LogP contribution in [-0.4, -0.2) is 5.97 Å². The van der Waals surface area contributed by atoms with Crippen LogP contribution in [0.5, 0.6) is 0 Å². The number of aromatic nitrogens is 1. The molecule has 0 atom stereocenters. The third kappa shape index (κ3) is 1.29. The van der Waals surface area contributed by atoms with Crippen molar-refractivity contribution in [1.29, 1.82) is 0 Å². The number of carboxylic acid groups (broad SMARTS) is 1. The van der Waals surface area contributed by atoms with E-state index in [1.165, 1.54) is 25.1 Å². The Morgan fingerprint density at radius 2 is 2.18 bits per heavy atom. The molecule has 0 radical (unpaired) electrons. The Balaban J connectivity index is 3.27. The summed E-state index contributed by atoms with van der Waals surface area (Å²) in [5, 5.41) is 21.1. The molecule has 0 saturated heterocycles. The SMILES string of the molecule is Cc1cccc(C(=O)[O-])[n+]1[O-]. The second kappa shape index (κ2) is 2.57. The fourth-order valence-corrected chi connectivity index (χ4v) is 0.755. The van der Waals surface area contributed by atoms with Crippen LogP contribution in [0.1, 0.15) is 16.2 Å². The smallest absolute Gasteiger partial charge is 0.239 e. The maximum atomic E-state index is 10.9. The zero-order valence-electron chi connectivity index (χ0n) is 5.90. The second-order valence-electron chi connectivity index (χ2n) is 2.13. The minimum Gasteiger partial charge on any atom is -0.618 e. The van der Waals surface area contributed by atoms with Crippen molar-refractivity contribution in [3.8, 4) is 0 Å². The van der Waals surface area contributed by atoms with Crippen molar-refractivity contribution in [1.82, 2.24) is 0 Å². The van der Waals surface area contributed by atoms with E-state index in [4.69, 9.17) is 0 Å². The largest absolute Gasteiger partial charge is 0.618 e. The summed E-state index contributed by atoms with van der Waals surface area (Å²) < 4.78 is 0.329. The maximum Gasteiger partial charge on any atom is 0.239 e. The average Bonchev–Trinajstić information content (AvgIpc) is 1.94. The molecule has 4 heteroatoms. The molecule has 0 amide bonds. The van der Waals surface area contributed by atoms with Gasteiger partial charge >= 0.3 is 0 Å². The third-order valence-corrected chi connectivity index (χ3v) is 1.34. The van der Waals surface area contributed by atoms with E-state index < -0.39 is 5.97 Å². The first-order valence-electron chi connectivity index (χ1n) is 3.03. The van der Waals surface area contributed by atoms with E-state index >= 15 is 0 Å². The van der Waals surface area contributed by atoms with Gasteiger partial charge in [-0.1, -0.05) is 0 Å². The van der Waals surface area contributed by atoms with Gasteiger partial charge in [-0.25, -0.2) is 0 Å². The van der Waals surface area contributed by atoms with Gasteiger partial charge in [-0.2, -0.15) is 4.73 Å². The van der Waals surface area contributed by atoms with Gasteiger partial charge in [-0.15, -0.1) is 0 Å². The summed E-state index contributed by atoms with van der Waals surface area (Å²) in [4.78, 5) is 10.2. The Hall–Kier alpha value is -1.58. The highest BCUT2D eigenvalue weighted by Gasteiger charge is 2.06. The molecule has 0 N–H and O–H groups in total. The molecule has 0 unspecified atom stereocenters. The number of hydrogen-bond acceptors (Lipinski definition) is 3. The number of carboxylic acids is 1. The van der Waals surface area contributed by atoms with Crippen molar-refractivity contribution < 1.29 is 14.6 Å². The van der Waals surface area contributed by atoms with E-state index in [2.05, 4.69) is 0 Å². The van der Waals surface area contributed by atoms with Crippen molar-refractivity contribution in [2.75, 3.05) is 0 Å². The van der Waals surface area contributed by atoms with Gasteiger partial charge in [0.05, 0.1) is 0 Å². The molecule has 0 aliphatic carbocycles. The van der Waals surface area contributed by atoms with E-state index in [1.807, 2.05) is 0 Å². The van der Waals surface area contributed by atoms with E-state index in [9.17, 15) is 15.1 Å². The van der Waals surface area contributed by atoms with E-state index in [0.717, 1.165) is 0 Å². The van der Waals surface area contributed by atoms with Crippen molar-refractivity contribution in [2.45, 2.75) is 6.92 Å². The molecule has 1 rings (SSSR count). The topological polar surface area (TPSA) is 67.1 Å². The van der Waals surface area contributed by atoms with Gasteiger partial charge in [-0.3, -0.25) is 0 Å². The zero-order valence-corrected chi connectivity index (χ0v) is 5.90. The molecular formula is C7H6NO3-. The third-order valence-electron chi connectivity index (χ3n) is 1.34. The number of rotatable bonds is 1. The number of pyridine rings is 1. The first-order valence-corrected chi connectivity index (χ1v) is 3.03. The van der Waals surface area contributed by atoms with Gasteiger partial charge in [0, 0.05) is 19.1 Å². The predicted molar refractivity (Wildman–Crippen MR) is 34.5 cm³/mol. The van der Waals surface area contributed by atoms with E-state index in [0.29, 0.717) is 10.4 Å². The molecule has 0 bridgehead atoms. The van der Waals surface area contributed by atoms with Crippen molar-refractivity contribution in [2.24, 2.45) is 0 Å². The summed E-state index contributed by atoms with van der Waals surface area (Å²) in [6.07, 6.45) is 0. The monoisotopic (exact) mass is 152 g/mol. The highest BCUT2D eigenvalue weighted by Crippen LogP contribution is 1.92. The molecule has 0 spiro atoms. The lowest BCUT2D eigenvalue weighted by atomic mass is 10.3. The van der Waals surface area contributed by atoms with Crippen LogP contribution in [0.4, 0.5) is 0 Å². The van der Waals surface area contributed by atoms with Crippen LogP contribution < -0.4 is 9.84 Å². The van der Waals surface area contributed by atoms with Gasteiger partial charge < -0.3 is 15.1 Å². The Morgan fingerprint density at radius 3 is 2.64 bits per heavy atom. The highest BCUT2D eigenvalue weighted by molar-refractivity contribution is 5.81. The number of carbonyl (C=O) groups excluding carboxylic acids is 1. The van der Waals surface area contributed by atoms with E-state index in [-0.39, 0.29) is 5.69 Å². The summed E-state index contributed by atoms with van der Waals surface area (Å²) in [5.74, 6) is -1.45. The molecule has 0 fully saturated rings. The summed E-state index contributed by atoms with van der Waals surface area (Å²) in [7, 11) is 0. The molecular weight excluding hydrogens is 146 g/mol. The molecule has 1 aromatic heterocycles. The van der Waals surface area contributed by atoms with Crippen LogP contribution in [0.2, 0.25) is 0 Å². The molecule has 1 aromatic rings. The number of hydrogen-bond donors (Lipinski definition) is 0. The fraction of sp³-hybridized carbons (Fsp3) is 0.143. The lowest BCUT2D eigenvalue weighted by Gasteiger charge is -2.05. The van der Waals surface area contributed by atoms with Crippen LogP contribution in [0, 0.1) is 12.1 Å². The van der Waals surface area contributed by atoms with Crippen LogP contribution in [-0.2, 0) is 0 Å². The Labute approximate surface area is 63.3 Å². The Morgan fingerprint density at radius 1 is 1.55 bits per heavy atom. The minimum atomic E-state index is -1.45. The van der Waals surface area contributed by atoms with Crippen LogP contribution >= 0.6 is 0 Å². The quantitative estimate of drug-likeness (QED) is 0.382. The second-order valence-corrected chi connectivity index (χ2v) is 2.13. The average molecular weight is 152 g/mol. The molecule has 0 aliphatic rings. The Bertz CT molecular complexity index is 296. The summed E-state index contributed by atoms with van der Waals surface area (Å²) in [6.45, 7) is 1.53. The van der Waals surface area contributed by atoms with Crippen molar-refractivity contribution in [3.05, 3.63) is 34.8 Å². The van der Waals surface area contributed by atoms with Gasteiger partial charge in [-0.05, 0) is 6.07 Å². The summed E-state index contributed by atoms with van der Waals surface area (Å²) >= 11 is 0. The number of carbonyl (C=O) groups is 1. The number of aryl methyl sites for hydroxylation is 1. The molecule has 0 saturated carbocycles. The van der Waals surface area contributed by atoms with Crippen molar-refractivity contribution >= 4 is 5.97 Å². The molecule has 58 valence electrons. The van der Waals surface area contributed by atoms with Gasteiger partial charge in [0.25, 0.3) is 0 Å². The first-order chi connectivity index (χ1) is 5.13. The van der Waals surface area contributed by atoms with Gasteiger partial charge in [0.15, 0.2) is 5.69 Å². The molecule has 0 aromatic carbocycles. The van der Waals surface area contributed by atoms with Crippen LogP contribution in [0.25, 0.3) is 0 Å². The van der Waals surface area contributed by atoms with Crippen LogP contribution in [0.15, 0.2) is 18.2 Å². The zero-order chi connectivity index (χ0) is 8.43. The normalized spacial score (nSPS) is 9.55. The van der Waals surface area contributed by atoms with E-state index in [1.54, 1.807) is 0 Å². The Kier molecular flexibility index (Phi) is 1.76. The number of nitrogens with zero attached hydrogens (tertiary/aromatic N) is 1. The molecule has 1 heterocycles. The maximum absolute atomic E-state index is 10.9.